The third-order valence-electron chi connectivity index (χ3n) is 3.72. The van der Waals surface area contributed by atoms with E-state index in [0.29, 0.717) is 13.0 Å². The molecule has 0 saturated heterocycles. The van der Waals surface area contributed by atoms with E-state index in [9.17, 15) is 9.59 Å². The number of hydrogen-bond acceptors (Lipinski definition) is 6. The van der Waals surface area contributed by atoms with Crippen molar-refractivity contribution in [3.05, 3.63) is 23.4 Å². The molecule has 1 aliphatic rings. The maximum absolute atomic E-state index is 12.5. The first-order chi connectivity index (χ1) is 10.8. The van der Waals surface area contributed by atoms with Crippen LogP contribution in [-0.4, -0.2) is 50.3 Å². The molecule has 0 saturated carbocycles. The maximum atomic E-state index is 12.5. The van der Waals surface area contributed by atoms with Crippen LogP contribution in [0.3, 0.4) is 0 Å². The first-order valence-electron chi connectivity index (χ1n) is 7.00. The molecule has 0 aromatic rings. The number of carbonyl (C=O) groups excluding carboxylic acids is 2. The predicted octanol–water partition coefficient (Wildman–Crippen LogP) is 2.11. The molecule has 0 aromatic heterocycles. The number of methoxy groups -OCH3 is 3. The van der Waals surface area contributed by atoms with Crippen molar-refractivity contribution >= 4 is 35.0 Å². The van der Waals surface area contributed by atoms with Gasteiger partial charge in [0, 0.05) is 27.2 Å². The lowest BCUT2D eigenvalue weighted by molar-refractivity contribution is -0.198. The van der Waals surface area contributed by atoms with Gasteiger partial charge in [0.2, 0.25) is 11.6 Å². The second-order valence-electron chi connectivity index (χ2n) is 4.94. The molecule has 0 aliphatic heterocycles. The van der Waals surface area contributed by atoms with Crippen LogP contribution in [0.4, 0.5) is 0 Å². The molecule has 1 atom stereocenters. The fourth-order valence-corrected chi connectivity index (χ4v) is 3.41. The molecule has 0 radical (unpaired) electrons. The number of esters is 1. The lowest BCUT2D eigenvalue weighted by atomic mass is 9.93. The van der Waals surface area contributed by atoms with Gasteiger partial charge in [-0.2, -0.15) is 0 Å². The summed E-state index contributed by atoms with van der Waals surface area (Å²) in [6, 6.07) is 0. The van der Waals surface area contributed by atoms with Crippen molar-refractivity contribution in [2.24, 2.45) is 0 Å². The number of ketones is 1. The minimum absolute atomic E-state index is 0.0800. The van der Waals surface area contributed by atoms with E-state index in [2.05, 4.69) is 16.6 Å². The molecule has 0 bridgehead atoms. The Hall–Kier alpha value is -1.08. The molecule has 0 spiro atoms. The highest BCUT2D eigenvalue weighted by Gasteiger charge is 2.65. The van der Waals surface area contributed by atoms with E-state index >= 15 is 0 Å². The van der Waals surface area contributed by atoms with Gasteiger partial charge in [0.15, 0.2) is 4.87 Å². The lowest BCUT2D eigenvalue weighted by Gasteiger charge is -2.39. The van der Waals surface area contributed by atoms with Crippen molar-refractivity contribution in [1.29, 1.82) is 0 Å². The molecule has 130 valence electrons. The average molecular weight is 366 g/mol. The van der Waals surface area contributed by atoms with Crippen LogP contribution in [0.25, 0.3) is 0 Å². The van der Waals surface area contributed by atoms with Gasteiger partial charge in [-0.1, -0.05) is 17.7 Å². The molecule has 1 aliphatic carbocycles. The van der Waals surface area contributed by atoms with E-state index in [1.54, 1.807) is 0 Å². The van der Waals surface area contributed by atoms with Gasteiger partial charge >= 0.3 is 5.97 Å². The number of Topliss-reactive ketones (excluding diaryl/α,β-unsaturated/α-hetero) is 1. The van der Waals surface area contributed by atoms with Gasteiger partial charge in [0.1, 0.15) is 5.03 Å². The number of ether oxygens (including phenoxy) is 3. The minimum Gasteiger partial charge on any atom is -0.469 e. The fourth-order valence-electron chi connectivity index (χ4n) is 2.56. The van der Waals surface area contributed by atoms with Gasteiger partial charge in [0.25, 0.3) is 0 Å². The Balaban J connectivity index is 3.01. The molecule has 0 fully saturated rings. The molecular weight excluding hydrogens is 345 g/mol. The summed E-state index contributed by atoms with van der Waals surface area (Å²) in [7, 11) is 4.08. The van der Waals surface area contributed by atoms with Crippen molar-refractivity contribution in [2.45, 2.75) is 29.9 Å². The molecule has 0 heterocycles. The van der Waals surface area contributed by atoms with Crippen LogP contribution in [0.15, 0.2) is 23.4 Å². The summed E-state index contributed by atoms with van der Waals surface area (Å²) in [5, 5.41) is 2.92. The fraction of sp³-hybridized carbons (Fsp3) is 0.600. The molecular formula is C15H21Cl2NO5. The van der Waals surface area contributed by atoms with Crippen LogP contribution in [0.5, 0.6) is 0 Å². The van der Waals surface area contributed by atoms with Gasteiger partial charge in [-0.15, -0.1) is 18.2 Å². The standard InChI is InChI=1S/C15H21Cl2NO5/c1-5-8-14(17)13(20)11(16)12(15(14,22-3)23-4)18-9-6-7-10(19)21-2/h5,18H,1,6-9H2,2-4H3/t14-/m1/s1. The Morgan fingerprint density at radius 2 is 1.96 bits per heavy atom. The topological polar surface area (TPSA) is 73.9 Å². The van der Waals surface area contributed by atoms with Gasteiger partial charge in [-0.25, -0.2) is 0 Å². The third-order valence-corrected chi connectivity index (χ3v) is 4.65. The number of carbonyl (C=O) groups is 2. The first-order valence-corrected chi connectivity index (χ1v) is 7.76. The van der Waals surface area contributed by atoms with Crippen LogP contribution < -0.4 is 5.32 Å². The second-order valence-corrected chi connectivity index (χ2v) is 5.97. The number of nitrogens with one attached hydrogen (secondary N) is 1. The van der Waals surface area contributed by atoms with E-state index < -0.39 is 16.4 Å². The Bertz CT molecular complexity index is 516. The number of hydrogen-bond donors (Lipinski definition) is 1. The quantitative estimate of drug-likeness (QED) is 0.222. The monoisotopic (exact) mass is 365 g/mol. The van der Waals surface area contributed by atoms with Crippen LogP contribution in [0.2, 0.25) is 0 Å². The highest BCUT2D eigenvalue weighted by molar-refractivity contribution is 6.53. The average Bonchev–Trinajstić information content (AvgIpc) is 2.70. The van der Waals surface area contributed by atoms with Gasteiger partial charge < -0.3 is 19.5 Å². The molecule has 0 aromatic carbocycles. The Morgan fingerprint density at radius 1 is 1.35 bits per heavy atom. The summed E-state index contributed by atoms with van der Waals surface area (Å²) in [4.78, 5) is 22.1. The highest BCUT2D eigenvalue weighted by Crippen LogP contribution is 2.50. The van der Waals surface area contributed by atoms with Crippen molar-refractivity contribution in [3.63, 3.8) is 0 Å². The summed E-state index contributed by atoms with van der Waals surface area (Å²) >= 11 is 12.7. The minimum atomic E-state index is -1.55. The van der Waals surface area contributed by atoms with E-state index in [0.717, 1.165) is 0 Å². The predicted molar refractivity (Wildman–Crippen MR) is 87.3 cm³/mol. The third kappa shape index (κ3) is 3.40. The number of halogens is 2. The molecule has 1 N–H and O–H groups in total. The summed E-state index contributed by atoms with van der Waals surface area (Å²) < 4.78 is 15.5. The van der Waals surface area contributed by atoms with Gasteiger partial charge in [0.05, 0.1) is 12.8 Å². The second kappa shape index (κ2) is 8.15. The summed E-state index contributed by atoms with van der Waals surface area (Å²) in [5.41, 5.74) is 0.246. The lowest BCUT2D eigenvalue weighted by Crippen LogP contribution is -2.56. The summed E-state index contributed by atoms with van der Waals surface area (Å²) in [6.07, 6.45) is 2.32. The van der Waals surface area contributed by atoms with E-state index in [-0.39, 0.29) is 29.5 Å². The largest absolute Gasteiger partial charge is 0.469 e. The van der Waals surface area contributed by atoms with Gasteiger partial charge in [-0.05, 0) is 12.8 Å². The van der Waals surface area contributed by atoms with Gasteiger partial charge in [-0.3, -0.25) is 9.59 Å². The highest BCUT2D eigenvalue weighted by atomic mass is 35.5. The number of rotatable bonds is 9. The van der Waals surface area contributed by atoms with Crippen molar-refractivity contribution in [1.82, 2.24) is 5.32 Å². The smallest absolute Gasteiger partial charge is 0.305 e. The summed E-state index contributed by atoms with van der Waals surface area (Å²) in [6.45, 7) is 3.98. The number of allylic oxidation sites excluding steroid dienone is 2. The Kier molecular flexibility index (Phi) is 7.07. The normalized spacial score (nSPS) is 23.1. The van der Waals surface area contributed by atoms with Crippen LogP contribution in [0.1, 0.15) is 19.3 Å². The van der Waals surface area contributed by atoms with E-state index in [1.165, 1.54) is 27.4 Å². The zero-order valence-corrected chi connectivity index (χ0v) is 14.9. The maximum Gasteiger partial charge on any atom is 0.305 e. The zero-order valence-electron chi connectivity index (χ0n) is 13.4. The van der Waals surface area contributed by atoms with Crippen molar-refractivity contribution < 1.29 is 23.8 Å². The number of alkyl halides is 1. The van der Waals surface area contributed by atoms with E-state index in [1.807, 2.05) is 0 Å². The van der Waals surface area contributed by atoms with E-state index in [4.69, 9.17) is 32.7 Å². The zero-order chi connectivity index (χ0) is 17.7. The Morgan fingerprint density at radius 3 is 2.43 bits per heavy atom. The summed E-state index contributed by atoms with van der Waals surface area (Å²) in [5.74, 6) is -2.38. The van der Waals surface area contributed by atoms with Crippen molar-refractivity contribution in [2.75, 3.05) is 27.9 Å². The van der Waals surface area contributed by atoms with Crippen LogP contribution >= 0.6 is 23.2 Å². The van der Waals surface area contributed by atoms with Crippen LogP contribution in [0, 0.1) is 0 Å². The molecule has 0 unspecified atom stereocenters. The van der Waals surface area contributed by atoms with Crippen molar-refractivity contribution in [3.8, 4) is 0 Å². The molecule has 23 heavy (non-hydrogen) atoms. The molecule has 0 amide bonds. The molecule has 1 rings (SSSR count). The molecule has 6 nitrogen and oxygen atoms in total. The Labute approximate surface area is 145 Å². The first kappa shape index (κ1) is 20.0. The van der Waals surface area contributed by atoms with Crippen LogP contribution in [-0.2, 0) is 23.8 Å². The molecule has 8 heteroatoms. The SMILES string of the molecule is C=CC[C@@]1(Cl)C(=O)C(Cl)=C(NCCCC(=O)OC)C1(OC)OC.